The molecule has 3 aliphatic rings. The molecule has 3 atom stereocenters. The zero-order valence-corrected chi connectivity index (χ0v) is 14.9. The van der Waals surface area contributed by atoms with Crippen molar-refractivity contribution < 1.29 is 37.0 Å². The third-order valence-corrected chi connectivity index (χ3v) is 5.10. The van der Waals surface area contributed by atoms with Crippen molar-refractivity contribution >= 4 is 5.97 Å². The van der Waals surface area contributed by atoms with Crippen LogP contribution in [0.5, 0.6) is 0 Å². The molecule has 4 rings (SSSR count). The molecule has 0 amide bonds. The first-order valence-electron chi connectivity index (χ1n) is 9.13. The Morgan fingerprint density at radius 3 is 2.63 bits per heavy atom. The summed E-state index contributed by atoms with van der Waals surface area (Å²) in [7, 11) is 0. The Balaban J connectivity index is 0.000000260. The Labute approximate surface area is 155 Å². The third-order valence-electron chi connectivity index (χ3n) is 5.10. The summed E-state index contributed by atoms with van der Waals surface area (Å²) in [6.45, 7) is 3.75. The largest absolute Gasteiger partial charge is 0.490 e. The molecule has 152 valence electrons. The van der Waals surface area contributed by atoms with Gasteiger partial charge in [-0.15, -0.1) is 0 Å². The van der Waals surface area contributed by atoms with Crippen LogP contribution in [0, 0.1) is 5.92 Å². The van der Waals surface area contributed by atoms with E-state index in [-0.39, 0.29) is 6.10 Å². The normalized spacial score (nSPS) is 28.3. The summed E-state index contributed by atoms with van der Waals surface area (Å²) in [5, 5.41) is 7.12. The molecule has 27 heavy (non-hydrogen) atoms. The van der Waals surface area contributed by atoms with E-state index in [0.717, 1.165) is 38.6 Å². The lowest BCUT2D eigenvalue weighted by molar-refractivity contribution is -0.192. The highest BCUT2D eigenvalue weighted by atomic mass is 19.4. The van der Waals surface area contributed by atoms with E-state index in [2.05, 4.69) is 11.0 Å². The molecule has 0 bridgehead atoms. The van der Waals surface area contributed by atoms with Gasteiger partial charge in [-0.3, -0.25) is 4.90 Å². The highest BCUT2D eigenvalue weighted by Gasteiger charge is 2.43. The molecule has 1 aromatic rings. The fourth-order valence-corrected chi connectivity index (χ4v) is 3.53. The molecule has 2 heterocycles. The molecule has 9 heteroatoms. The van der Waals surface area contributed by atoms with Gasteiger partial charge in [-0.1, -0.05) is 0 Å². The Morgan fingerprint density at radius 1 is 1.30 bits per heavy atom. The molecule has 3 fully saturated rings. The van der Waals surface area contributed by atoms with Crippen LogP contribution in [0.3, 0.4) is 0 Å². The highest BCUT2D eigenvalue weighted by molar-refractivity contribution is 5.73. The van der Waals surface area contributed by atoms with Crippen LogP contribution in [-0.4, -0.2) is 60.2 Å². The van der Waals surface area contributed by atoms with Gasteiger partial charge in [0.05, 0.1) is 31.3 Å². The van der Waals surface area contributed by atoms with Gasteiger partial charge in [0.25, 0.3) is 0 Å². The van der Waals surface area contributed by atoms with Crippen LogP contribution < -0.4 is 0 Å². The third kappa shape index (κ3) is 5.70. The number of halogens is 3. The molecule has 0 radical (unpaired) electrons. The van der Waals surface area contributed by atoms with Crippen molar-refractivity contribution in [1.29, 1.82) is 0 Å². The number of furan rings is 1. The Bertz CT molecular complexity index is 603. The molecule has 0 spiro atoms. The van der Waals surface area contributed by atoms with Crippen LogP contribution in [0.25, 0.3) is 0 Å². The van der Waals surface area contributed by atoms with E-state index in [9.17, 15) is 13.2 Å². The summed E-state index contributed by atoms with van der Waals surface area (Å²) in [5.74, 6) is -1.92. The average molecular weight is 391 g/mol. The second-order valence-electron chi connectivity index (χ2n) is 7.20. The number of carbonyl (C=O) groups is 1. The molecule has 2 aliphatic carbocycles. The maximum absolute atomic E-state index is 10.6. The van der Waals surface area contributed by atoms with Gasteiger partial charge < -0.3 is 19.0 Å². The zero-order chi connectivity index (χ0) is 19.4. The number of carboxylic acid groups (broad SMARTS) is 1. The van der Waals surface area contributed by atoms with E-state index in [1.54, 1.807) is 6.26 Å². The van der Waals surface area contributed by atoms with E-state index >= 15 is 0 Å². The summed E-state index contributed by atoms with van der Waals surface area (Å²) in [5.41, 5.74) is 1.26. The first-order valence-corrected chi connectivity index (χ1v) is 9.13. The second kappa shape index (κ2) is 8.62. The van der Waals surface area contributed by atoms with Crippen molar-refractivity contribution in [3.8, 4) is 0 Å². The first kappa shape index (κ1) is 20.2. The molecule has 0 aromatic carbocycles. The number of hydrogen-bond acceptors (Lipinski definition) is 5. The van der Waals surface area contributed by atoms with Crippen molar-refractivity contribution in [3.63, 3.8) is 0 Å². The van der Waals surface area contributed by atoms with Crippen molar-refractivity contribution in [2.24, 2.45) is 5.92 Å². The predicted molar refractivity (Wildman–Crippen MR) is 88.0 cm³/mol. The van der Waals surface area contributed by atoms with Gasteiger partial charge in [0.1, 0.15) is 0 Å². The maximum Gasteiger partial charge on any atom is 0.490 e. The Kier molecular flexibility index (Phi) is 6.44. The van der Waals surface area contributed by atoms with Crippen LogP contribution in [0.4, 0.5) is 13.2 Å². The molecule has 0 unspecified atom stereocenters. The van der Waals surface area contributed by atoms with Gasteiger partial charge in [0.2, 0.25) is 0 Å². The van der Waals surface area contributed by atoms with Crippen LogP contribution in [0.2, 0.25) is 0 Å². The number of carboxylic acids is 1. The summed E-state index contributed by atoms with van der Waals surface area (Å²) in [4.78, 5) is 11.4. The number of rotatable bonds is 5. The van der Waals surface area contributed by atoms with Crippen LogP contribution in [-0.2, 0) is 20.8 Å². The van der Waals surface area contributed by atoms with Crippen molar-refractivity contribution in [1.82, 2.24) is 4.90 Å². The standard InChI is InChI=1S/C16H23NO3.C2HF3O2/c1-2-12(1)11-20-15-4-3-14-16(15)19-8-6-17(14)9-13-5-7-18-10-13;3-2(4,5)1(6)7/h5,7,10,12,14-16H,1-4,6,8-9,11H2;(H,6,7)/t14-,15+,16+;/m0./s1. The summed E-state index contributed by atoms with van der Waals surface area (Å²) >= 11 is 0. The lowest BCUT2D eigenvalue weighted by atomic mass is 10.1. The number of fused-ring (bicyclic) bond motifs is 1. The molecule has 1 aliphatic heterocycles. The minimum absolute atomic E-state index is 0.273. The molecule has 1 saturated heterocycles. The first-order chi connectivity index (χ1) is 12.8. The SMILES string of the molecule is O=C(O)C(F)(F)F.c1cc(CN2CCO[C@H]3[C@H](OCC4CC4)CC[C@@H]32)co1. The monoisotopic (exact) mass is 391 g/mol. The van der Waals surface area contributed by atoms with Crippen LogP contribution in [0.1, 0.15) is 31.2 Å². The smallest absolute Gasteiger partial charge is 0.475 e. The van der Waals surface area contributed by atoms with Crippen molar-refractivity contribution in [2.45, 2.75) is 56.7 Å². The second-order valence-corrected chi connectivity index (χ2v) is 7.20. The molecular weight excluding hydrogens is 367 g/mol. The molecular formula is C18H24F3NO5. The van der Waals surface area contributed by atoms with Crippen LogP contribution in [0.15, 0.2) is 23.0 Å². The van der Waals surface area contributed by atoms with Gasteiger partial charge in [-0.25, -0.2) is 4.79 Å². The lowest BCUT2D eigenvalue weighted by Crippen LogP contribution is -2.51. The van der Waals surface area contributed by atoms with Crippen molar-refractivity contribution in [2.75, 3.05) is 19.8 Å². The highest BCUT2D eigenvalue weighted by Crippen LogP contribution is 2.35. The van der Waals surface area contributed by atoms with Gasteiger partial charge in [0, 0.05) is 31.3 Å². The number of morpholine rings is 1. The van der Waals surface area contributed by atoms with Gasteiger partial charge >= 0.3 is 12.1 Å². The van der Waals surface area contributed by atoms with Gasteiger partial charge in [-0.05, 0) is 37.7 Å². The molecule has 2 saturated carbocycles. The predicted octanol–water partition coefficient (Wildman–Crippen LogP) is 3.07. The molecule has 1 N–H and O–H groups in total. The summed E-state index contributed by atoms with van der Waals surface area (Å²) in [6, 6.07) is 2.57. The molecule has 6 nitrogen and oxygen atoms in total. The van der Waals surface area contributed by atoms with E-state index in [1.165, 1.54) is 24.8 Å². The Hall–Kier alpha value is -1.58. The van der Waals surface area contributed by atoms with Crippen molar-refractivity contribution in [3.05, 3.63) is 24.2 Å². The number of ether oxygens (including phenoxy) is 2. The minimum atomic E-state index is -5.08. The minimum Gasteiger partial charge on any atom is -0.475 e. The topological polar surface area (TPSA) is 72.1 Å². The fourth-order valence-electron chi connectivity index (χ4n) is 3.53. The lowest BCUT2D eigenvalue weighted by Gasteiger charge is -2.38. The number of hydrogen-bond donors (Lipinski definition) is 1. The molecule has 1 aromatic heterocycles. The van der Waals surface area contributed by atoms with E-state index in [4.69, 9.17) is 23.8 Å². The quantitative estimate of drug-likeness (QED) is 0.832. The summed E-state index contributed by atoms with van der Waals surface area (Å²) < 4.78 is 49.1. The number of alkyl halides is 3. The van der Waals surface area contributed by atoms with Crippen LogP contribution >= 0.6 is 0 Å². The number of nitrogens with zero attached hydrogens (tertiary/aromatic N) is 1. The summed E-state index contributed by atoms with van der Waals surface area (Å²) in [6.07, 6.45) is 4.15. The van der Waals surface area contributed by atoms with Gasteiger partial charge in [0.15, 0.2) is 0 Å². The zero-order valence-electron chi connectivity index (χ0n) is 14.9. The van der Waals surface area contributed by atoms with E-state index < -0.39 is 12.1 Å². The number of aliphatic carboxylic acids is 1. The van der Waals surface area contributed by atoms with Gasteiger partial charge in [-0.2, -0.15) is 13.2 Å². The Morgan fingerprint density at radius 2 is 2.04 bits per heavy atom. The fraction of sp³-hybridized carbons (Fsp3) is 0.722. The maximum atomic E-state index is 10.6. The average Bonchev–Trinajstić information content (AvgIpc) is 3.12. The van der Waals surface area contributed by atoms with E-state index in [0.29, 0.717) is 12.1 Å². The van der Waals surface area contributed by atoms with E-state index in [1.807, 2.05) is 6.26 Å².